The molecule has 1 saturated heterocycles. The lowest BCUT2D eigenvalue weighted by atomic mass is 10.0. The molecule has 1 aromatic heterocycles. The third-order valence-corrected chi connectivity index (χ3v) is 3.87. The highest BCUT2D eigenvalue weighted by Gasteiger charge is 2.34. The van der Waals surface area contributed by atoms with E-state index >= 15 is 0 Å². The van der Waals surface area contributed by atoms with E-state index in [1.165, 1.54) is 12.1 Å². The molecule has 1 aromatic rings. The van der Waals surface area contributed by atoms with Gasteiger partial charge in [-0.2, -0.15) is 0 Å². The van der Waals surface area contributed by atoms with Crippen molar-refractivity contribution in [2.75, 3.05) is 13.2 Å². The summed E-state index contributed by atoms with van der Waals surface area (Å²) >= 11 is 0. The summed E-state index contributed by atoms with van der Waals surface area (Å²) in [6.45, 7) is 4.09. The predicted molar refractivity (Wildman–Crippen MR) is 71.6 cm³/mol. The van der Waals surface area contributed by atoms with Crippen LogP contribution in [0.25, 0.3) is 0 Å². The van der Waals surface area contributed by atoms with E-state index in [1.807, 2.05) is 6.92 Å². The quantitative estimate of drug-likeness (QED) is 0.858. The van der Waals surface area contributed by atoms with E-state index in [9.17, 15) is 14.7 Å². The molecule has 2 atom stereocenters. The molecule has 1 fully saturated rings. The molecular weight excluding hydrogens is 260 g/mol. The van der Waals surface area contributed by atoms with Crippen molar-refractivity contribution < 1.29 is 19.8 Å². The van der Waals surface area contributed by atoms with Crippen molar-refractivity contribution in [1.82, 2.24) is 9.88 Å². The van der Waals surface area contributed by atoms with Gasteiger partial charge in [0.05, 0.1) is 23.9 Å². The maximum absolute atomic E-state index is 12.4. The fourth-order valence-electron chi connectivity index (χ4n) is 2.59. The lowest BCUT2D eigenvalue weighted by Gasteiger charge is -2.25. The van der Waals surface area contributed by atoms with Gasteiger partial charge in [0.2, 0.25) is 0 Å². The number of amides is 1. The molecule has 2 N–H and O–H groups in total. The van der Waals surface area contributed by atoms with Gasteiger partial charge in [-0.15, -0.1) is 0 Å². The summed E-state index contributed by atoms with van der Waals surface area (Å²) in [6.07, 6.45) is 0.850. The van der Waals surface area contributed by atoms with Crippen LogP contribution in [0.1, 0.15) is 39.9 Å². The second-order valence-electron chi connectivity index (χ2n) is 5.15. The van der Waals surface area contributed by atoms with E-state index in [0.29, 0.717) is 12.2 Å². The zero-order valence-electron chi connectivity index (χ0n) is 11.5. The van der Waals surface area contributed by atoms with Crippen LogP contribution in [0.3, 0.4) is 0 Å². The number of aryl methyl sites for hydroxylation is 1. The number of rotatable bonds is 3. The predicted octanol–water partition coefficient (Wildman–Crippen LogP) is 0.931. The minimum Gasteiger partial charge on any atom is -0.478 e. The minimum absolute atomic E-state index is 0.0703. The summed E-state index contributed by atoms with van der Waals surface area (Å²) in [7, 11) is 0. The molecule has 2 unspecified atom stereocenters. The van der Waals surface area contributed by atoms with Gasteiger partial charge in [0.25, 0.3) is 5.91 Å². The number of likely N-dealkylation sites (tertiary alicyclic amines) is 1. The summed E-state index contributed by atoms with van der Waals surface area (Å²) in [4.78, 5) is 29.0. The zero-order valence-corrected chi connectivity index (χ0v) is 11.5. The van der Waals surface area contributed by atoms with Crippen molar-refractivity contribution in [3.8, 4) is 0 Å². The van der Waals surface area contributed by atoms with Gasteiger partial charge in [0.1, 0.15) is 5.69 Å². The number of aromatic nitrogens is 1. The Balaban J connectivity index is 2.26. The number of hydrogen-bond acceptors (Lipinski definition) is 4. The Kier molecular flexibility index (Phi) is 4.04. The number of aromatic carboxylic acids is 1. The summed E-state index contributed by atoms with van der Waals surface area (Å²) in [5.41, 5.74) is 0.631. The number of pyridine rings is 1. The molecule has 2 heterocycles. The van der Waals surface area contributed by atoms with Crippen LogP contribution in [0.4, 0.5) is 0 Å². The Labute approximate surface area is 117 Å². The molecule has 1 aliphatic rings. The normalized spacial score (nSPS) is 22.1. The van der Waals surface area contributed by atoms with Crippen LogP contribution in [-0.4, -0.2) is 51.2 Å². The van der Waals surface area contributed by atoms with Gasteiger partial charge >= 0.3 is 5.97 Å². The van der Waals surface area contributed by atoms with Gasteiger partial charge < -0.3 is 15.1 Å². The molecule has 0 spiro atoms. The molecule has 0 saturated carbocycles. The fourth-order valence-corrected chi connectivity index (χ4v) is 2.59. The number of carbonyl (C=O) groups excluding carboxylic acids is 1. The van der Waals surface area contributed by atoms with E-state index < -0.39 is 5.97 Å². The largest absolute Gasteiger partial charge is 0.478 e. The van der Waals surface area contributed by atoms with Crippen molar-refractivity contribution in [2.45, 2.75) is 26.3 Å². The molecule has 1 amide bonds. The van der Waals surface area contributed by atoms with Gasteiger partial charge in [-0.3, -0.25) is 4.79 Å². The van der Waals surface area contributed by atoms with Crippen LogP contribution in [-0.2, 0) is 0 Å². The molecule has 2 rings (SSSR count). The molecule has 108 valence electrons. The maximum atomic E-state index is 12.4. The second kappa shape index (κ2) is 5.58. The van der Waals surface area contributed by atoms with Gasteiger partial charge in [-0.1, -0.05) is 6.92 Å². The number of carboxylic acids is 1. The number of hydrogen-bond donors (Lipinski definition) is 2. The standard InChI is InChI=1S/C14H18N2O4/c1-8-5-6-16(12(8)7-17)13(18)11-4-3-10(14(19)20)9(2)15-11/h3-4,8,12,17H,5-7H2,1-2H3,(H,19,20). The average molecular weight is 278 g/mol. The maximum Gasteiger partial charge on any atom is 0.337 e. The molecule has 6 nitrogen and oxygen atoms in total. The van der Waals surface area contributed by atoms with E-state index in [4.69, 9.17) is 5.11 Å². The minimum atomic E-state index is -1.06. The number of nitrogens with zero attached hydrogens (tertiary/aromatic N) is 2. The van der Waals surface area contributed by atoms with Gasteiger partial charge in [0.15, 0.2) is 0 Å². The molecule has 1 aliphatic heterocycles. The number of carboxylic acid groups (broad SMARTS) is 1. The van der Waals surface area contributed by atoms with E-state index in [1.54, 1.807) is 11.8 Å². The Hall–Kier alpha value is -1.95. The van der Waals surface area contributed by atoms with E-state index in [0.717, 1.165) is 6.42 Å². The van der Waals surface area contributed by atoms with Gasteiger partial charge in [0, 0.05) is 6.54 Å². The average Bonchev–Trinajstić information content (AvgIpc) is 2.78. The van der Waals surface area contributed by atoms with Crippen molar-refractivity contribution in [3.05, 3.63) is 29.1 Å². The van der Waals surface area contributed by atoms with Crippen LogP contribution in [0.15, 0.2) is 12.1 Å². The molecule has 0 bridgehead atoms. The first-order valence-corrected chi connectivity index (χ1v) is 6.58. The molecule has 0 radical (unpaired) electrons. The fraction of sp³-hybridized carbons (Fsp3) is 0.500. The van der Waals surface area contributed by atoms with Crippen LogP contribution in [0.2, 0.25) is 0 Å². The third-order valence-electron chi connectivity index (χ3n) is 3.87. The van der Waals surface area contributed by atoms with Crippen LogP contribution < -0.4 is 0 Å². The topological polar surface area (TPSA) is 90.7 Å². The van der Waals surface area contributed by atoms with Crippen molar-refractivity contribution >= 4 is 11.9 Å². The Morgan fingerprint density at radius 2 is 2.15 bits per heavy atom. The Bertz CT molecular complexity index is 544. The monoisotopic (exact) mass is 278 g/mol. The van der Waals surface area contributed by atoms with Gasteiger partial charge in [-0.05, 0) is 31.4 Å². The highest BCUT2D eigenvalue weighted by Crippen LogP contribution is 2.25. The summed E-state index contributed by atoms with van der Waals surface area (Å²) in [6, 6.07) is 2.63. The van der Waals surface area contributed by atoms with Crippen LogP contribution >= 0.6 is 0 Å². The number of carbonyl (C=O) groups is 2. The first kappa shape index (κ1) is 14.5. The second-order valence-corrected chi connectivity index (χ2v) is 5.15. The van der Waals surface area contributed by atoms with Crippen molar-refractivity contribution in [1.29, 1.82) is 0 Å². The van der Waals surface area contributed by atoms with Gasteiger partial charge in [-0.25, -0.2) is 9.78 Å². The lowest BCUT2D eigenvalue weighted by Crippen LogP contribution is -2.40. The Morgan fingerprint density at radius 1 is 1.45 bits per heavy atom. The smallest absolute Gasteiger partial charge is 0.337 e. The van der Waals surface area contributed by atoms with Crippen LogP contribution in [0, 0.1) is 12.8 Å². The first-order valence-electron chi connectivity index (χ1n) is 6.58. The van der Waals surface area contributed by atoms with E-state index in [-0.39, 0.29) is 35.7 Å². The van der Waals surface area contributed by atoms with Crippen molar-refractivity contribution in [2.24, 2.45) is 5.92 Å². The molecule has 0 aliphatic carbocycles. The summed E-state index contributed by atoms with van der Waals surface area (Å²) < 4.78 is 0. The molecular formula is C14H18N2O4. The molecule has 0 aromatic carbocycles. The Morgan fingerprint density at radius 3 is 2.70 bits per heavy atom. The van der Waals surface area contributed by atoms with Crippen molar-refractivity contribution in [3.63, 3.8) is 0 Å². The highest BCUT2D eigenvalue weighted by molar-refractivity contribution is 5.94. The van der Waals surface area contributed by atoms with Crippen LogP contribution in [0.5, 0.6) is 0 Å². The highest BCUT2D eigenvalue weighted by atomic mass is 16.4. The first-order chi connectivity index (χ1) is 9.45. The SMILES string of the molecule is Cc1nc(C(=O)N2CCC(C)C2CO)ccc1C(=O)O. The number of aliphatic hydroxyl groups is 1. The molecule has 6 heteroatoms. The third kappa shape index (κ3) is 2.51. The van der Waals surface area contributed by atoms with E-state index in [2.05, 4.69) is 4.98 Å². The molecule has 20 heavy (non-hydrogen) atoms. The lowest BCUT2D eigenvalue weighted by molar-refractivity contribution is 0.0638. The summed E-state index contributed by atoms with van der Waals surface area (Å²) in [5.74, 6) is -1.06. The summed E-state index contributed by atoms with van der Waals surface area (Å²) in [5, 5.41) is 18.3. The zero-order chi connectivity index (χ0) is 14.9. The number of aliphatic hydroxyl groups excluding tert-OH is 1.